The molecule has 5 heteroatoms. The summed E-state index contributed by atoms with van der Waals surface area (Å²) in [6, 6.07) is 0. The maximum Gasteiger partial charge on any atom is 4.00 e. The van der Waals surface area contributed by atoms with Crippen molar-refractivity contribution in [1.82, 2.24) is 0 Å². The minimum Gasteiger partial charge on any atom is -0.852 e. The van der Waals surface area contributed by atoms with Crippen LogP contribution in [-0.2, 0) is 0 Å². The smallest absolute Gasteiger partial charge is 0.852 e. The van der Waals surface area contributed by atoms with Crippen molar-refractivity contribution in [3.05, 3.63) is 0 Å². The minimum absolute atomic E-state index is 0. The van der Waals surface area contributed by atoms with Gasteiger partial charge in [0.05, 0.1) is 0 Å². The van der Waals surface area contributed by atoms with Crippen LogP contribution >= 0.6 is 0 Å². The average molecular weight is 489 g/mol. The zero-order valence-corrected chi connectivity index (χ0v) is 25.4. The third-order valence-electron chi connectivity index (χ3n) is 4.76. The van der Waals surface area contributed by atoms with Gasteiger partial charge in [-0.3, -0.25) is 0 Å². The topological polar surface area (TPSA) is 92.2 Å². The molecule has 0 heterocycles. The standard InChI is InChI=1S/4C7H15O.Si/c4*1-4-7(8)5-6(2)3;/h4*6-7H,4-5H2,1-3H3;/q4*-1;+4. The Morgan fingerprint density at radius 3 is 0.515 bits per heavy atom. The zero-order valence-electron chi connectivity index (χ0n) is 24.4. The van der Waals surface area contributed by atoms with Gasteiger partial charge in [-0.2, -0.15) is 0 Å². The molecule has 0 N–H and O–H groups in total. The Morgan fingerprint density at radius 2 is 0.485 bits per heavy atom. The summed E-state index contributed by atoms with van der Waals surface area (Å²) in [5, 5.41) is 42.8. The van der Waals surface area contributed by atoms with Crippen molar-refractivity contribution >= 4 is 11.0 Å². The molecule has 0 aliphatic heterocycles. The van der Waals surface area contributed by atoms with Crippen LogP contribution in [0.25, 0.3) is 0 Å². The summed E-state index contributed by atoms with van der Waals surface area (Å²) in [4.78, 5) is 0. The van der Waals surface area contributed by atoms with Crippen LogP contribution in [0.1, 0.15) is 134 Å². The predicted octanol–water partition coefficient (Wildman–Crippen LogP) is 4.30. The van der Waals surface area contributed by atoms with E-state index in [1.807, 2.05) is 27.7 Å². The normalized spacial score (nSPS) is 14.2. The molecule has 0 amide bonds. The molecule has 0 rings (SSSR count). The Kier molecular flexibility index (Phi) is 39.3. The summed E-state index contributed by atoms with van der Waals surface area (Å²) in [5.41, 5.74) is 0. The van der Waals surface area contributed by atoms with Gasteiger partial charge in [0, 0.05) is 0 Å². The maximum absolute atomic E-state index is 10.7. The number of rotatable bonds is 12. The summed E-state index contributed by atoms with van der Waals surface area (Å²) in [5.74, 6) is 2.27. The van der Waals surface area contributed by atoms with Gasteiger partial charge in [-0.15, -0.1) is 24.4 Å². The Labute approximate surface area is 214 Å². The van der Waals surface area contributed by atoms with Gasteiger partial charge in [0.1, 0.15) is 0 Å². The van der Waals surface area contributed by atoms with Gasteiger partial charge >= 0.3 is 11.0 Å². The molecule has 0 fully saturated rings. The van der Waals surface area contributed by atoms with E-state index in [2.05, 4.69) is 55.4 Å². The van der Waals surface area contributed by atoms with Crippen molar-refractivity contribution in [1.29, 1.82) is 0 Å². The van der Waals surface area contributed by atoms with Gasteiger partial charge < -0.3 is 20.4 Å². The van der Waals surface area contributed by atoms with Crippen LogP contribution in [0.5, 0.6) is 0 Å². The molecular formula is C28H60O4Si. The fourth-order valence-corrected chi connectivity index (χ4v) is 2.77. The van der Waals surface area contributed by atoms with E-state index in [9.17, 15) is 20.4 Å². The molecule has 0 aromatic rings. The van der Waals surface area contributed by atoms with Crippen LogP contribution in [0.2, 0.25) is 0 Å². The van der Waals surface area contributed by atoms with Gasteiger partial charge in [0.15, 0.2) is 0 Å². The van der Waals surface area contributed by atoms with Crippen LogP contribution in [0.15, 0.2) is 0 Å². The van der Waals surface area contributed by atoms with Crippen LogP contribution in [0, 0.1) is 23.7 Å². The molecule has 0 spiro atoms. The second kappa shape index (κ2) is 30.1. The van der Waals surface area contributed by atoms with Crippen molar-refractivity contribution in [2.45, 2.75) is 159 Å². The molecular weight excluding hydrogens is 428 g/mol. The first-order chi connectivity index (χ1) is 14.7. The molecule has 200 valence electrons. The largest absolute Gasteiger partial charge is 4.00 e. The fourth-order valence-electron chi connectivity index (χ4n) is 2.77. The SMILES string of the molecule is CCC([O-])CC(C)C.CCC([O-])CC(C)C.CCC([O-])CC(C)C.CCC([O-])CC(C)C.[Si+4]. The van der Waals surface area contributed by atoms with E-state index in [0.717, 1.165) is 51.4 Å². The summed E-state index contributed by atoms with van der Waals surface area (Å²) >= 11 is 0. The van der Waals surface area contributed by atoms with Gasteiger partial charge in [-0.25, -0.2) is 0 Å². The predicted molar refractivity (Wildman–Crippen MR) is 140 cm³/mol. The van der Waals surface area contributed by atoms with Gasteiger partial charge in [-0.05, 0) is 23.7 Å². The van der Waals surface area contributed by atoms with Crippen LogP contribution in [0.3, 0.4) is 0 Å². The monoisotopic (exact) mass is 488 g/mol. The van der Waals surface area contributed by atoms with Crippen molar-refractivity contribution < 1.29 is 20.4 Å². The van der Waals surface area contributed by atoms with Crippen molar-refractivity contribution in [2.75, 3.05) is 0 Å². The molecule has 0 aromatic heterocycles. The molecule has 0 saturated heterocycles. The Morgan fingerprint density at radius 1 is 0.364 bits per heavy atom. The Bertz CT molecular complexity index is 272. The zero-order chi connectivity index (χ0) is 26.3. The van der Waals surface area contributed by atoms with Crippen LogP contribution < -0.4 is 20.4 Å². The van der Waals surface area contributed by atoms with E-state index < -0.39 is 0 Å². The molecule has 0 radical (unpaired) electrons. The molecule has 0 bridgehead atoms. The van der Waals surface area contributed by atoms with E-state index in [1.165, 1.54) is 0 Å². The van der Waals surface area contributed by atoms with Crippen molar-refractivity contribution in [3.63, 3.8) is 0 Å². The first kappa shape index (κ1) is 43.2. The minimum atomic E-state index is -0.324. The second-order valence-electron chi connectivity index (χ2n) is 10.6. The maximum atomic E-state index is 10.7. The molecule has 0 saturated carbocycles. The summed E-state index contributed by atoms with van der Waals surface area (Å²) in [6.45, 7) is 24.4. The van der Waals surface area contributed by atoms with E-state index in [-0.39, 0.29) is 35.4 Å². The first-order valence-electron chi connectivity index (χ1n) is 13.3. The molecule has 4 unspecified atom stereocenters. The van der Waals surface area contributed by atoms with E-state index in [1.54, 1.807) is 0 Å². The molecule has 33 heavy (non-hydrogen) atoms. The van der Waals surface area contributed by atoms with Gasteiger partial charge in [-0.1, -0.05) is 134 Å². The third-order valence-corrected chi connectivity index (χ3v) is 4.76. The van der Waals surface area contributed by atoms with Crippen LogP contribution in [0.4, 0.5) is 0 Å². The fraction of sp³-hybridized carbons (Fsp3) is 1.00. The van der Waals surface area contributed by atoms with Crippen molar-refractivity contribution in [2.24, 2.45) is 23.7 Å². The number of hydrogen-bond acceptors (Lipinski definition) is 4. The van der Waals surface area contributed by atoms with E-state index in [4.69, 9.17) is 0 Å². The summed E-state index contributed by atoms with van der Waals surface area (Å²) in [6.07, 6.45) is 5.13. The average Bonchev–Trinajstić information content (AvgIpc) is 2.67. The molecule has 4 nitrogen and oxygen atoms in total. The van der Waals surface area contributed by atoms with E-state index >= 15 is 0 Å². The first-order valence-corrected chi connectivity index (χ1v) is 13.3. The van der Waals surface area contributed by atoms with Gasteiger partial charge in [0.25, 0.3) is 0 Å². The molecule has 0 aliphatic rings. The quantitative estimate of drug-likeness (QED) is 0.383. The van der Waals surface area contributed by atoms with Crippen LogP contribution in [-0.4, -0.2) is 35.4 Å². The molecule has 0 aliphatic carbocycles. The van der Waals surface area contributed by atoms with Crippen molar-refractivity contribution in [3.8, 4) is 0 Å². The second-order valence-corrected chi connectivity index (χ2v) is 10.6. The Balaban J connectivity index is -0.000000105. The molecule has 0 aromatic carbocycles. The van der Waals surface area contributed by atoms with Gasteiger partial charge in [0.2, 0.25) is 0 Å². The summed E-state index contributed by atoms with van der Waals surface area (Å²) in [7, 11) is 0. The molecule has 4 atom stereocenters. The number of hydrogen-bond donors (Lipinski definition) is 0. The Hall–Kier alpha value is 0.0569. The third kappa shape index (κ3) is 50.0. The van der Waals surface area contributed by atoms with E-state index in [0.29, 0.717) is 23.7 Å². The summed E-state index contributed by atoms with van der Waals surface area (Å²) < 4.78 is 0.